The van der Waals surface area contributed by atoms with E-state index in [1.54, 1.807) is 11.3 Å². The first-order valence-electron chi connectivity index (χ1n) is 9.69. The number of hydrogen-bond acceptors (Lipinski definition) is 7. The molecule has 0 amide bonds. The van der Waals surface area contributed by atoms with E-state index in [4.69, 9.17) is 9.97 Å². The molecular formula is C20H20N6OS. The smallest absolute Gasteiger partial charge is 0.228 e. The fourth-order valence-electron chi connectivity index (χ4n) is 3.85. The summed E-state index contributed by atoms with van der Waals surface area (Å²) in [6.07, 6.45) is 2.90. The van der Waals surface area contributed by atoms with Crippen LogP contribution in [0.4, 0.5) is 17.6 Å². The molecule has 1 aromatic carbocycles. The maximum Gasteiger partial charge on any atom is 0.228 e. The molecule has 3 aromatic heterocycles. The van der Waals surface area contributed by atoms with Crippen LogP contribution >= 0.6 is 11.3 Å². The summed E-state index contributed by atoms with van der Waals surface area (Å²) in [5.41, 5.74) is 2.14. The van der Waals surface area contributed by atoms with Gasteiger partial charge in [0.25, 0.3) is 0 Å². The zero-order valence-electron chi connectivity index (χ0n) is 15.2. The van der Waals surface area contributed by atoms with Gasteiger partial charge in [-0.3, -0.25) is 5.10 Å². The molecule has 1 aliphatic carbocycles. The van der Waals surface area contributed by atoms with Crippen LogP contribution in [0.2, 0.25) is 0 Å². The van der Waals surface area contributed by atoms with Gasteiger partial charge < -0.3 is 15.3 Å². The second-order valence-corrected chi connectivity index (χ2v) is 8.70. The number of hydrogen-bond donors (Lipinski definition) is 3. The summed E-state index contributed by atoms with van der Waals surface area (Å²) in [5.74, 6) is 2.84. The summed E-state index contributed by atoms with van der Waals surface area (Å²) in [6, 6.07) is 10.4. The maximum absolute atomic E-state index is 9.95. The van der Waals surface area contributed by atoms with Gasteiger partial charge in [-0.1, -0.05) is 18.2 Å². The Morgan fingerprint density at radius 2 is 2.07 bits per heavy atom. The number of aliphatic hydroxyl groups is 1. The average Bonchev–Trinajstić information content (AvgIpc) is 3.11. The van der Waals surface area contributed by atoms with E-state index in [2.05, 4.69) is 38.6 Å². The molecule has 1 saturated heterocycles. The van der Waals surface area contributed by atoms with E-state index < -0.39 is 0 Å². The Hall–Kier alpha value is -2.71. The highest BCUT2D eigenvalue weighted by Gasteiger charge is 2.27. The fourth-order valence-corrected chi connectivity index (χ4v) is 4.94. The van der Waals surface area contributed by atoms with Gasteiger partial charge in [-0.15, -0.1) is 11.3 Å². The molecule has 8 heteroatoms. The Bertz CT molecular complexity index is 1180. The highest BCUT2D eigenvalue weighted by atomic mass is 32.1. The number of anilines is 3. The first kappa shape index (κ1) is 16.3. The van der Waals surface area contributed by atoms with Gasteiger partial charge in [0, 0.05) is 40.9 Å². The van der Waals surface area contributed by atoms with Gasteiger partial charge in [0.15, 0.2) is 11.6 Å². The van der Waals surface area contributed by atoms with Gasteiger partial charge in [0.1, 0.15) is 0 Å². The van der Waals surface area contributed by atoms with E-state index in [0.29, 0.717) is 18.4 Å². The summed E-state index contributed by atoms with van der Waals surface area (Å²) < 4.78 is 2.22. The molecule has 2 aliphatic rings. The minimum Gasteiger partial charge on any atom is -0.391 e. The van der Waals surface area contributed by atoms with Crippen molar-refractivity contribution in [2.75, 3.05) is 23.3 Å². The lowest BCUT2D eigenvalue weighted by atomic mass is 10.2. The Morgan fingerprint density at radius 1 is 1.18 bits per heavy atom. The molecule has 3 N–H and O–H groups in total. The average molecular weight is 392 g/mol. The molecule has 0 spiro atoms. The monoisotopic (exact) mass is 392 g/mol. The number of β-amino-alcohol motifs (C(OH)–C–C–N with tert-alkyl or cyclic N) is 1. The third kappa shape index (κ3) is 2.71. The number of rotatable bonds is 4. The molecule has 7 nitrogen and oxygen atoms in total. The number of fused-ring (bicyclic) bond motifs is 3. The molecule has 28 heavy (non-hydrogen) atoms. The van der Waals surface area contributed by atoms with Gasteiger partial charge >= 0.3 is 0 Å². The lowest BCUT2D eigenvalue weighted by Crippen LogP contribution is -2.23. The quantitative estimate of drug-likeness (QED) is 0.490. The van der Waals surface area contributed by atoms with Gasteiger partial charge in [0.2, 0.25) is 5.95 Å². The summed E-state index contributed by atoms with van der Waals surface area (Å²) in [6.45, 7) is 1.34. The number of aromatic nitrogens is 4. The van der Waals surface area contributed by atoms with Crippen molar-refractivity contribution >= 4 is 49.2 Å². The molecule has 0 radical (unpaired) electrons. The molecule has 4 aromatic rings. The third-order valence-electron chi connectivity index (χ3n) is 5.52. The standard InChI is InChI=1S/C20H20N6OS/c27-12-7-8-26(10-12)20-22-17-13-3-1-2-4-15(13)28-18(17)19(23-20)21-16-9-14(24-25-16)11-5-6-11/h1-4,9,11-12,27H,5-8,10H2,(H2,21,22,23,24,25)/t12-/m0/s1. The number of thiophene rings is 1. The lowest BCUT2D eigenvalue weighted by molar-refractivity contribution is 0.198. The van der Waals surface area contributed by atoms with E-state index in [9.17, 15) is 5.11 Å². The molecule has 6 rings (SSSR count). The molecule has 2 fully saturated rings. The first-order chi connectivity index (χ1) is 13.7. The number of nitrogens with one attached hydrogen (secondary N) is 2. The normalized spacial score (nSPS) is 19.8. The summed E-state index contributed by atoms with van der Waals surface area (Å²) in [7, 11) is 0. The Balaban J connectivity index is 1.48. The summed E-state index contributed by atoms with van der Waals surface area (Å²) in [4.78, 5) is 11.8. The zero-order valence-corrected chi connectivity index (χ0v) is 16.0. The second-order valence-electron chi connectivity index (χ2n) is 7.64. The molecular weight excluding hydrogens is 372 g/mol. The molecule has 1 saturated carbocycles. The van der Waals surface area contributed by atoms with Gasteiger partial charge in [-0.25, -0.2) is 4.98 Å². The van der Waals surface area contributed by atoms with Crippen molar-refractivity contribution in [3.05, 3.63) is 36.0 Å². The largest absolute Gasteiger partial charge is 0.391 e. The summed E-state index contributed by atoms with van der Waals surface area (Å²) in [5, 5.41) is 22.1. The maximum atomic E-state index is 9.95. The van der Waals surface area contributed by atoms with Crippen LogP contribution in [0.5, 0.6) is 0 Å². The first-order valence-corrected chi connectivity index (χ1v) is 10.5. The van der Waals surface area contributed by atoms with Crippen LogP contribution in [-0.2, 0) is 0 Å². The van der Waals surface area contributed by atoms with Crippen LogP contribution in [-0.4, -0.2) is 44.5 Å². The molecule has 0 unspecified atom stereocenters. The van der Waals surface area contributed by atoms with E-state index >= 15 is 0 Å². The van der Waals surface area contributed by atoms with Crippen LogP contribution in [0, 0.1) is 0 Å². The van der Waals surface area contributed by atoms with Crippen LogP contribution in [0.3, 0.4) is 0 Å². The summed E-state index contributed by atoms with van der Waals surface area (Å²) >= 11 is 1.69. The number of nitrogens with zero attached hydrogens (tertiary/aromatic N) is 4. The van der Waals surface area contributed by atoms with E-state index in [1.165, 1.54) is 23.2 Å². The van der Waals surface area contributed by atoms with E-state index in [0.717, 1.165) is 40.2 Å². The van der Waals surface area contributed by atoms with Crippen molar-refractivity contribution in [2.45, 2.75) is 31.3 Å². The highest BCUT2D eigenvalue weighted by molar-refractivity contribution is 7.26. The van der Waals surface area contributed by atoms with Crippen molar-refractivity contribution in [1.82, 2.24) is 20.2 Å². The van der Waals surface area contributed by atoms with Gasteiger partial charge in [-0.2, -0.15) is 10.1 Å². The topological polar surface area (TPSA) is 90.0 Å². The Labute approximate surface area is 165 Å². The molecule has 1 atom stereocenters. The minimum atomic E-state index is -0.317. The van der Waals surface area contributed by atoms with E-state index in [-0.39, 0.29) is 6.10 Å². The molecule has 142 valence electrons. The van der Waals surface area contributed by atoms with Gasteiger partial charge in [-0.05, 0) is 25.3 Å². The van der Waals surface area contributed by atoms with Crippen molar-refractivity contribution in [3.63, 3.8) is 0 Å². The molecule has 0 bridgehead atoms. The van der Waals surface area contributed by atoms with Crippen molar-refractivity contribution in [2.24, 2.45) is 0 Å². The number of aliphatic hydroxyl groups excluding tert-OH is 1. The Morgan fingerprint density at radius 3 is 2.89 bits per heavy atom. The number of H-pyrrole nitrogens is 1. The SMILES string of the molecule is O[C@H]1CCN(c2nc(Nc3cc(C4CC4)[nH]n3)c3sc4ccccc4c3n2)C1. The predicted octanol–water partition coefficient (Wildman–Crippen LogP) is 3.76. The fraction of sp³-hybridized carbons (Fsp3) is 0.350. The predicted molar refractivity (Wildman–Crippen MR) is 112 cm³/mol. The zero-order chi connectivity index (χ0) is 18.7. The van der Waals surface area contributed by atoms with Crippen molar-refractivity contribution < 1.29 is 5.11 Å². The van der Waals surface area contributed by atoms with Crippen molar-refractivity contribution in [1.29, 1.82) is 0 Å². The molecule has 1 aliphatic heterocycles. The van der Waals surface area contributed by atoms with Crippen LogP contribution in [0.15, 0.2) is 30.3 Å². The van der Waals surface area contributed by atoms with E-state index in [1.807, 2.05) is 12.1 Å². The van der Waals surface area contributed by atoms with Crippen LogP contribution in [0.25, 0.3) is 20.3 Å². The minimum absolute atomic E-state index is 0.317. The highest BCUT2D eigenvalue weighted by Crippen LogP contribution is 2.41. The van der Waals surface area contributed by atoms with Crippen molar-refractivity contribution in [3.8, 4) is 0 Å². The molecule has 4 heterocycles. The van der Waals surface area contributed by atoms with Crippen LogP contribution in [0.1, 0.15) is 30.9 Å². The van der Waals surface area contributed by atoms with Crippen LogP contribution < -0.4 is 10.2 Å². The number of benzene rings is 1. The third-order valence-corrected chi connectivity index (χ3v) is 6.68. The Kier molecular flexibility index (Phi) is 3.57. The second kappa shape index (κ2) is 6.15. The van der Waals surface area contributed by atoms with Gasteiger partial charge in [0.05, 0.1) is 16.3 Å². The lowest BCUT2D eigenvalue weighted by Gasteiger charge is -2.16. The number of aromatic amines is 1.